The van der Waals surface area contributed by atoms with Crippen molar-refractivity contribution in [2.45, 2.75) is 82.7 Å². The average Bonchev–Trinajstić information content (AvgIpc) is 3.47. The number of carbonyl (C=O) groups is 2. The Hall–Kier alpha value is -3.86. The van der Waals surface area contributed by atoms with Crippen LogP contribution in [0.15, 0.2) is 60.3 Å². The second-order valence-corrected chi connectivity index (χ2v) is 15.4. The maximum Gasteiger partial charge on any atom is 0.407 e. The van der Waals surface area contributed by atoms with Crippen molar-refractivity contribution in [2.75, 3.05) is 13.7 Å². The van der Waals surface area contributed by atoms with Gasteiger partial charge in [-0.3, -0.25) is 4.79 Å². The van der Waals surface area contributed by atoms with Gasteiger partial charge in [0.15, 0.2) is 6.23 Å². The molecular formula is C37H40ClN5O4S. The molecule has 0 bridgehead atoms. The number of benzene rings is 1. The second kappa shape index (κ2) is 12.2. The third-order valence-electron chi connectivity index (χ3n) is 10.2. The molecule has 2 fully saturated rings. The van der Waals surface area contributed by atoms with E-state index < -0.39 is 12.1 Å². The van der Waals surface area contributed by atoms with Gasteiger partial charge in [-0.05, 0) is 92.5 Å². The molecule has 2 aliphatic carbocycles. The third-order valence-corrected chi connectivity index (χ3v) is 11.7. The summed E-state index contributed by atoms with van der Waals surface area (Å²) in [5.41, 5.74) is 5.47. The predicted octanol–water partition coefficient (Wildman–Crippen LogP) is 8.07. The number of fused-ring (bicyclic) bond motifs is 5. The van der Waals surface area contributed by atoms with Crippen LogP contribution in [-0.2, 0) is 14.3 Å². The van der Waals surface area contributed by atoms with Crippen molar-refractivity contribution in [1.82, 2.24) is 24.8 Å². The van der Waals surface area contributed by atoms with E-state index in [0.717, 1.165) is 45.9 Å². The molecule has 8 rings (SSSR count). The van der Waals surface area contributed by atoms with E-state index in [1.54, 1.807) is 0 Å². The maximum atomic E-state index is 13.7. The lowest BCUT2D eigenvalue weighted by molar-refractivity contribution is -0.135. The summed E-state index contributed by atoms with van der Waals surface area (Å²) in [6.07, 6.45) is 9.46. The highest BCUT2D eigenvalue weighted by Gasteiger charge is 2.41. The van der Waals surface area contributed by atoms with Crippen LogP contribution in [0.4, 0.5) is 4.79 Å². The Morgan fingerprint density at radius 3 is 2.73 bits per heavy atom. The lowest BCUT2D eigenvalue weighted by Gasteiger charge is -2.40. The van der Waals surface area contributed by atoms with E-state index in [1.807, 2.05) is 48.4 Å². The standard InChI is InChI=1S/C37H40ClN5O4S/c1-19(2)33(41-37(45)46-4)35(44)42-13-5-6-27(42)34-39-18-25(40-34)22-14-20(3)32-28-16-23-15-24(38)9-10-26(23)43(28)36(47-29(32)17-22)31-12-11-30(48-31)21-7-8-21/h9-12,14-19,21,27,29,32-33,36H,5-8,13H2,1-4H3,(H,39,40)(H,41,45). The first kappa shape index (κ1) is 31.4. The predicted molar refractivity (Wildman–Crippen MR) is 187 cm³/mol. The van der Waals surface area contributed by atoms with Crippen LogP contribution in [0.5, 0.6) is 0 Å². The molecule has 2 aliphatic heterocycles. The molecule has 1 aromatic carbocycles. The summed E-state index contributed by atoms with van der Waals surface area (Å²) in [5.74, 6) is 1.27. The van der Waals surface area contributed by atoms with Crippen LogP contribution >= 0.6 is 22.9 Å². The molecule has 4 aliphatic rings. The van der Waals surface area contributed by atoms with Crippen LogP contribution < -0.4 is 5.32 Å². The zero-order chi connectivity index (χ0) is 33.3. The molecule has 9 nitrogen and oxygen atoms in total. The number of halogens is 1. The highest BCUT2D eigenvalue weighted by Crippen LogP contribution is 2.50. The van der Waals surface area contributed by atoms with Gasteiger partial charge in [0, 0.05) is 27.5 Å². The lowest BCUT2D eigenvalue weighted by atomic mass is 9.83. The first-order valence-corrected chi connectivity index (χ1v) is 18.0. The number of H-pyrrole nitrogens is 1. The Labute approximate surface area is 289 Å². The molecule has 0 radical (unpaired) electrons. The van der Waals surface area contributed by atoms with Gasteiger partial charge in [0.1, 0.15) is 11.9 Å². The fourth-order valence-electron chi connectivity index (χ4n) is 7.67. The maximum absolute atomic E-state index is 13.7. The van der Waals surface area contributed by atoms with E-state index in [-0.39, 0.29) is 36.1 Å². The number of ether oxygens (including phenoxy) is 2. The first-order valence-electron chi connectivity index (χ1n) is 16.9. The van der Waals surface area contributed by atoms with Gasteiger partial charge in [0.05, 0.1) is 47.5 Å². The monoisotopic (exact) mass is 685 g/mol. The molecule has 250 valence electrons. The number of aromatic amines is 1. The van der Waals surface area contributed by atoms with Gasteiger partial charge in [0.2, 0.25) is 5.91 Å². The number of thiophene rings is 1. The number of nitrogens with zero attached hydrogens (tertiary/aromatic N) is 3. The Bertz CT molecular complexity index is 1970. The second-order valence-electron chi connectivity index (χ2n) is 13.8. The Morgan fingerprint density at radius 1 is 1.15 bits per heavy atom. The zero-order valence-corrected chi connectivity index (χ0v) is 29.1. The number of hydrogen-bond acceptors (Lipinski definition) is 6. The van der Waals surface area contributed by atoms with Gasteiger partial charge in [-0.15, -0.1) is 11.3 Å². The Balaban J connectivity index is 1.11. The fraction of sp³-hybridized carbons (Fsp3) is 0.432. The summed E-state index contributed by atoms with van der Waals surface area (Å²) in [6, 6.07) is 12.0. The smallest absolute Gasteiger partial charge is 0.407 e. The molecule has 1 saturated heterocycles. The molecule has 5 atom stereocenters. The number of likely N-dealkylation sites (tertiary alicyclic amines) is 1. The highest BCUT2D eigenvalue weighted by atomic mass is 35.5. The average molecular weight is 686 g/mol. The number of alkyl carbamates (subject to hydrolysis) is 1. The number of aromatic nitrogens is 3. The van der Waals surface area contributed by atoms with Gasteiger partial charge >= 0.3 is 6.09 Å². The molecule has 2 N–H and O–H groups in total. The van der Waals surface area contributed by atoms with Gasteiger partial charge in [-0.25, -0.2) is 9.78 Å². The largest absolute Gasteiger partial charge is 0.453 e. The molecule has 3 aromatic heterocycles. The van der Waals surface area contributed by atoms with Crippen LogP contribution in [-0.4, -0.2) is 57.2 Å². The molecule has 4 aromatic rings. The summed E-state index contributed by atoms with van der Waals surface area (Å²) < 4.78 is 14.2. The van der Waals surface area contributed by atoms with Crippen LogP contribution in [0.1, 0.15) is 97.5 Å². The first-order chi connectivity index (χ1) is 23.2. The third kappa shape index (κ3) is 5.47. The highest BCUT2D eigenvalue weighted by molar-refractivity contribution is 7.12. The minimum absolute atomic E-state index is 0.0552. The number of amides is 2. The Morgan fingerprint density at radius 2 is 1.96 bits per heavy atom. The topological polar surface area (TPSA) is 101 Å². The SMILES string of the molecule is COC(=O)NC(C(=O)N1CCCC1c1ncc(C2=CC3OC(c4ccc(C5CC5)s4)n4c(cc5cc(Cl)ccc54)C3C(C)=C2)[nH]1)C(C)C. The van der Waals surface area contributed by atoms with E-state index in [2.05, 4.69) is 58.2 Å². The number of imidazole rings is 1. The Kier molecular flexibility index (Phi) is 8.00. The summed E-state index contributed by atoms with van der Waals surface area (Å²) in [4.78, 5) is 38.5. The minimum Gasteiger partial charge on any atom is -0.453 e. The minimum atomic E-state index is -0.678. The van der Waals surface area contributed by atoms with Crippen molar-refractivity contribution in [1.29, 1.82) is 0 Å². The summed E-state index contributed by atoms with van der Waals surface area (Å²) in [7, 11) is 1.31. The van der Waals surface area contributed by atoms with E-state index in [1.165, 1.54) is 41.0 Å². The van der Waals surface area contributed by atoms with Gasteiger partial charge in [-0.1, -0.05) is 37.1 Å². The van der Waals surface area contributed by atoms with Crippen LogP contribution in [0.2, 0.25) is 5.02 Å². The lowest BCUT2D eigenvalue weighted by Crippen LogP contribution is -2.51. The number of nitrogens with one attached hydrogen (secondary N) is 2. The van der Waals surface area contributed by atoms with E-state index in [0.29, 0.717) is 12.5 Å². The van der Waals surface area contributed by atoms with E-state index >= 15 is 0 Å². The fourth-order valence-corrected chi connectivity index (χ4v) is 9.06. The quantitative estimate of drug-likeness (QED) is 0.205. The summed E-state index contributed by atoms with van der Waals surface area (Å²) in [5, 5.41) is 4.56. The molecule has 5 heterocycles. The van der Waals surface area contributed by atoms with Crippen LogP contribution in [0.3, 0.4) is 0 Å². The summed E-state index contributed by atoms with van der Waals surface area (Å²) >= 11 is 8.32. The number of hydrogen-bond donors (Lipinski definition) is 2. The number of allylic oxidation sites excluding steroid dienone is 2. The van der Waals surface area contributed by atoms with Crippen molar-refractivity contribution < 1.29 is 19.1 Å². The zero-order valence-electron chi connectivity index (χ0n) is 27.5. The van der Waals surface area contributed by atoms with Crippen molar-refractivity contribution in [2.24, 2.45) is 5.92 Å². The molecule has 48 heavy (non-hydrogen) atoms. The van der Waals surface area contributed by atoms with Crippen LogP contribution in [0, 0.1) is 5.92 Å². The molecule has 1 saturated carbocycles. The van der Waals surface area contributed by atoms with Crippen LogP contribution in [0.25, 0.3) is 16.5 Å². The molecule has 11 heteroatoms. The number of carbonyl (C=O) groups excluding carboxylic acids is 2. The molecular weight excluding hydrogens is 646 g/mol. The normalized spacial score (nSPS) is 24.2. The molecule has 0 spiro atoms. The summed E-state index contributed by atoms with van der Waals surface area (Å²) in [6.45, 7) is 6.62. The van der Waals surface area contributed by atoms with Gasteiger partial charge < -0.3 is 29.2 Å². The van der Waals surface area contributed by atoms with E-state index in [9.17, 15) is 9.59 Å². The molecule has 5 unspecified atom stereocenters. The van der Waals surface area contributed by atoms with Gasteiger partial charge in [0.25, 0.3) is 0 Å². The van der Waals surface area contributed by atoms with Crippen molar-refractivity contribution in [3.05, 3.63) is 92.3 Å². The van der Waals surface area contributed by atoms with E-state index in [4.69, 9.17) is 26.1 Å². The van der Waals surface area contributed by atoms with Crippen molar-refractivity contribution in [3.63, 3.8) is 0 Å². The van der Waals surface area contributed by atoms with Crippen molar-refractivity contribution in [3.8, 4) is 0 Å². The number of rotatable bonds is 7. The number of methoxy groups -OCH3 is 1. The van der Waals surface area contributed by atoms with Crippen molar-refractivity contribution >= 4 is 51.4 Å². The van der Waals surface area contributed by atoms with Gasteiger partial charge in [-0.2, -0.15) is 0 Å². The molecule has 2 amide bonds.